The summed E-state index contributed by atoms with van der Waals surface area (Å²) < 4.78 is 33.7. The third kappa shape index (κ3) is 6.95. The second-order valence-electron chi connectivity index (χ2n) is 8.76. The van der Waals surface area contributed by atoms with Gasteiger partial charge in [0.2, 0.25) is 5.95 Å². The Hall–Kier alpha value is -4.24. The van der Waals surface area contributed by atoms with Crippen LogP contribution in [0.15, 0.2) is 96.0 Å². The van der Waals surface area contributed by atoms with Crippen molar-refractivity contribution in [3.63, 3.8) is 0 Å². The molecule has 0 saturated heterocycles. The highest BCUT2D eigenvalue weighted by Gasteiger charge is 2.22. The fourth-order valence-electron chi connectivity index (χ4n) is 3.80. The molecule has 1 aromatic heterocycles. The molecule has 4 aromatic rings. The van der Waals surface area contributed by atoms with Gasteiger partial charge in [-0.2, -0.15) is 0 Å². The minimum Gasteiger partial charge on any atom is -0.457 e. The van der Waals surface area contributed by atoms with Gasteiger partial charge in [-0.1, -0.05) is 61.9 Å². The first-order valence-corrected chi connectivity index (χ1v) is 13.8. The number of carbonyl (C=O) groups is 1. The lowest BCUT2D eigenvalue weighted by Gasteiger charge is -2.19. The van der Waals surface area contributed by atoms with Crippen LogP contribution in [0.1, 0.15) is 35.0 Å². The maximum Gasteiger partial charge on any atom is 0.268 e. The topological polar surface area (TPSA) is 101 Å². The second kappa shape index (κ2) is 12.3. The highest BCUT2D eigenvalue weighted by atomic mass is 32.2. The molecule has 0 aliphatic rings. The first-order valence-electron chi connectivity index (χ1n) is 12.4. The summed E-state index contributed by atoms with van der Waals surface area (Å²) in [7, 11) is -2.22. The molecule has 0 saturated carbocycles. The van der Waals surface area contributed by atoms with E-state index < -0.39 is 15.9 Å². The van der Waals surface area contributed by atoms with Crippen LogP contribution < -0.4 is 14.4 Å². The van der Waals surface area contributed by atoms with Crippen molar-refractivity contribution in [2.24, 2.45) is 0 Å². The van der Waals surface area contributed by atoms with E-state index in [1.807, 2.05) is 55.3 Å². The molecule has 0 fully saturated rings. The molecule has 0 bridgehead atoms. The van der Waals surface area contributed by atoms with Crippen LogP contribution in [0.25, 0.3) is 0 Å². The molecule has 0 aliphatic heterocycles. The van der Waals surface area contributed by atoms with Crippen LogP contribution in [0, 0.1) is 0 Å². The first kappa shape index (κ1) is 26.8. The fraction of sp³-hybridized carbons (Fsp3) is 0.207. The predicted octanol–water partition coefficient (Wildman–Crippen LogP) is 5.02. The number of likely N-dealkylation sites (N-methyl/N-ethyl adjacent to an activating group) is 1. The number of para-hydroxylation sites is 1. The molecule has 1 N–H and O–H groups in total. The number of hydrogen-bond acceptors (Lipinski definition) is 7. The predicted molar refractivity (Wildman–Crippen MR) is 147 cm³/mol. The number of carbonyl (C=O) groups excluding carboxylic acids is 1. The number of aromatic nitrogens is 2. The molecular weight excluding hydrogens is 500 g/mol. The van der Waals surface area contributed by atoms with Gasteiger partial charge in [-0.25, -0.2) is 23.1 Å². The number of sulfonamides is 1. The average molecular weight is 531 g/mol. The van der Waals surface area contributed by atoms with Crippen LogP contribution in [-0.4, -0.2) is 37.9 Å². The minimum absolute atomic E-state index is 0.0542. The van der Waals surface area contributed by atoms with Crippen LogP contribution in [0.3, 0.4) is 0 Å². The van der Waals surface area contributed by atoms with Gasteiger partial charge < -0.3 is 9.64 Å². The second-order valence-corrected chi connectivity index (χ2v) is 10.4. The number of hydrogen-bond donors (Lipinski definition) is 1. The Bertz CT molecular complexity index is 1460. The number of nitrogens with zero attached hydrogens (tertiary/aromatic N) is 3. The average Bonchev–Trinajstić information content (AvgIpc) is 2.93. The smallest absolute Gasteiger partial charge is 0.268 e. The van der Waals surface area contributed by atoms with E-state index in [2.05, 4.69) is 26.8 Å². The van der Waals surface area contributed by atoms with E-state index >= 15 is 0 Å². The number of aryl methyl sites for hydroxylation is 1. The van der Waals surface area contributed by atoms with Gasteiger partial charge in [0, 0.05) is 19.8 Å². The molecule has 0 radical (unpaired) electrons. The molecule has 0 atom stereocenters. The van der Waals surface area contributed by atoms with Crippen LogP contribution in [0.2, 0.25) is 0 Å². The van der Waals surface area contributed by atoms with Crippen LogP contribution in [0.4, 0.5) is 5.95 Å². The van der Waals surface area contributed by atoms with Crippen molar-refractivity contribution >= 4 is 21.9 Å². The van der Waals surface area contributed by atoms with Gasteiger partial charge in [-0.15, -0.1) is 0 Å². The standard InChI is InChI=1S/C29H30N4O4S/c1-3-10-27-26(21-30-29(31-27)33(2)20-19-22-11-6-4-7-12-22)28(34)32-38(35,36)25-17-15-24(16-18-25)37-23-13-8-5-9-14-23/h4-9,11-18,21H,3,10,19-20H2,1-2H3,(H,32,34). The van der Waals surface area contributed by atoms with Crippen molar-refractivity contribution in [3.05, 3.63) is 108 Å². The number of rotatable bonds is 11. The summed E-state index contributed by atoms with van der Waals surface area (Å²) in [5.41, 5.74) is 1.84. The zero-order valence-electron chi connectivity index (χ0n) is 21.4. The maximum atomic E-state index is 13.0. The number of benzene rings is 3. The molecule has 8 nitrogen and oxygen atoms in total. The van der Waals surface area contributed by atoms with E-state index in [1.165, 1.54) is 36.0 Å². The van der Waals surface area contributed by atoms with Gasteiger partial charge >= 0.3 is 0 Å². The summed E-state index contributed by atoms with van der Waals surface area (Å²) in [6.45, 7) is 2.66. The van der Waals surface area contributed by atoms with Gasteiger partial charge in [-0.05, 0) is 54.8 Å². The summed E-state index contributed by atoms with van der Waals surface area (Å²) >= 11 is 0. The van der Waals surface area contributed by atoms with Gasteiger partial charge in [0.05, 0.1) is 16.2 Å². The molecule has 0 unspecified atom stereocenters. The Labute approximate surface area is 223 Å². The van der Waals surface area contributed by atoms with E-state index in [0.717, 1.165) is 12.8 Å². The number of amides is 1. The normalized spacial score (nSPS) is 11.1. The Balaban J connectivity index is 1.45. The summed E-state index contributed by atoms with van der Waals surface area (Å²) in [6.07, 6.45) is 3.46. The van der Waals surface area contributed by atoms with Crippen molar-refractivity contribution in [2.75, 3.05) is 18.5 Å². The molecular formula is C29H30N4O4S. The molecule has 1 heterocycles. The van der Waals surface area contributed by atoms with Crippen molar-refractivity contribution in [3.8, 4) is 11.5 Å². The Morgan fingerprint density at radius 2 is 1.53 bits per heavy atom. The lowest BCUT2D eigenvalue weighted by molar-refractivity contribution is 0.0979. The number of ether oxygens (including phenoxy) is 1. The van der Waals surface area contributed by atoms with Gasteiger partial charge in [0.1, 0.15) is 11.5 Å². The zero-order valence-corrected chi connectivity index (χ0v) is 22.2. The Kier molecular flexibility index (Phi) is 8.70. The first-order chi connectivity index (χ1) is 18.4. The third-order valence-electron chi connectivity index (χ3n) is 5.85. The fourth-order valence-corrected chi connectivity index (χ4v) is 4.76. The zero-order chi connectivity index (χ0) is 27.0. The largest absolute Gasteiger partial charge is 0.457 e. The quantitative estimate of drug-likeness (QED) is 0.291. The van der Waals surface area contributed by atoms with Crippen molar-refractivity contribution in [2.45, 2.75) is 31.1 Å². The van der Waals surface area contributed by atoms with E-state index in [-0.39, 0.29) is 10.5 Å². The van der Waals surface area contributed by atoms with E-state index in [1.54, 1.807) is 12.1 Å². The molecule has 0 aliphatic carbocycles. The molecule has 3 aromatic carbocycles. The molecule has 9 heteroatoms. The monoisotopic (exact) mass is 530 g/mol. The number of anilines is 1. The third-order valence-corrected chi connectivity index (χ3v) is 7.19. The molecule has 38 heavy (non-hydrogen) atoms. The highest BCUT2D eigenvalue weighted by Crippen LogP contribution is 2.23. The van der Waals surface area contributed by atoms with Gasteiger partial charge in [0.15, 0.2) is 0 Å². The summed E-state index contributed by atoms with van der Waals surface area (Å²) in [5.74, 6) is 0.829. The van der Waals surface area contributed by atoms with Crippen molar-refractivity contribution in [1.29, 1.82) is 0 Å². The van der Waals surface area contributed by atoms with Crippen molar-refractivity contribution < 1.29 is 17.9 Å². The van der Waals surface area contributed by atoms with Gasteiger partial charge in [-0.3, -0.25) is 4.79 Å². The molecule has 0 spiro atoms. The SMILES string of the molecule is CCCc1nc(N(C)CCc2ccccc2)ncc1C(=O)NS(=O)(=O)c1ccc(Oc2ccccc2)cc1. The van der Waals surface area contributed by atoms with E-state index in [4.69, 9.17) is 4.74 Å². The Morgan fingerprint density at radius 3 is 2.18 bits per heavy atom. The molecule has 1 amide bonds. The van der Waals surface area contributed by atoms with E-state index in [9.17, 15) is 13.2 Å². The van der Waals surface area contributed by atoms with Crippen molar-refractivity contribution in [1.82, 2.24) is 14.7 Å². The molecule has 4 rings (SSSR count). The minimum atomic E-state index is -4.12. The lowest BCUT2D eigenvalue weighted by Crippen LogP contribution is -2.32. The molecule has 196 valence electrons. The van der Waals surface area contributed by atoms with Crippen LogP contribution in [0.5, 0.6) is 11.5 Å². The van der Waals surface area contributed by atoms with E-state index in [0.29, 0.717) is 36.1 Å². The van der Waals surface area contributed by atoms with Crippen LogP contribution in [-0.2, 0) is 22.9 Å². The maximum absolute atomic E-state index is 13.0. The number of nitrogens with one attached hydrogen (secondary N) is 1. The summed E-state index contributed by atoms with van der Waals surface area (Å²) in [4.78, 5) is 23.8. The van der Waals surface area contributed by atoms with Gasteiger partial charge in [0.25, 0.3) is 15.9 Å². The van der Waals surface area contributed by atoms with Crippen LogP contribution >= 0.6 is 0 Å². The highest BCUT2D eigenvalue weighted by molar-refractivity contribution is 7.90. The Morgan fingerprint density at radius 1 is 0.895 bits per heavy atom. The summed E-state index contributed by atoms with van der Waals surface area (Å²) in [5, 5.41) is 0. The lowest BCUT2D eigenvalue weighted by atomic mass is 10.1. The summed E-state index contributed by atoms with van der Waals surface area (Å²) in [6, 6.07) is 25.1.